The van der Waals surface area contributed by atoms with Crippen LogP contribution in [-0.4, -0.2) is 23.3 Å². The van der Waals surface area contributed by atoms with Gasteiger partial charge in [0.15, 0.2) is 6.61 Å². The van der Waals surface area contributed by atoms with Gasteiger partial charge in [-0.1, -0.05) is 13.3 Å². The summed E-state index contributed by atoms with van der Waals surface area (Å²) in [5, 5.41) is 8.80. The highest BCUT2D eigenvalue weighted by molar-refractivity contribution is 5.99. The number of pyridine rings is 1. The van der Waals surface area contributed by atoms with Gasteiger partial charge in [0.2, 0.25) is 5.78 Å². The van der Waals surface area contributed by atoms with E-state index in [1.165, 1.54) is 13.0 Å². The van der Waals surface area contributed by atoms with Crippen LogP contribution in [0.1, 0.15) is 41.9 Å². The van der Waals surface area contributed by atoms with Crippen LogP contribution < -0.4 is 5.56 Å². The molecule has 0 fully saturated rings. The van der Waals surface area contributed by atoms with Crippen molar-refractivity contribution in [1.82, 2.24) is 4.98 Å². The highest BCUT2D eigenvalue weighted by Gasteiger charge is 2.15. The zero-order valence-corrected chi connectivity index (χ0v) is 10.8. The fourth-order valence-electron chi connectivity index (χ4n) is 1.59. The summed E-state index contributed by atoms with van der Waals surface area (Å²) >= 11 is 0. The Kier molecular flexibility index (Phi) is 5.01. The molecule has 100 valence electrons. The van der Waals surface area contributed by atoms with Crippen molar-refractivity contribution in [3.63, 3.8) is 0 Å². The molecule has 1 rings (SSSR count). The SMILES string of the molecule is CCCc1[nH]c(=O)c(C#N)cc1C(=O)COC(C)=O. The largest absolute Gasteiger partial charge is 0.457 e. The van der Waals surface area contributed by atoms with E-state index in [9.17, 15) is 14.4 Å². The van der Waals surface area contributed by atoms with Crippen molar-refractivity contribution >= 4 is 11.8 Å². The Hall–Kier alpha value is -2.42. The molecule has 1 aromatic heterocycles. The summed E-state index contributed by atoms with van der Waals surface area (Å²) in [7, 11) is 0. The molecule has 0 amide bonds. The lowest BCUT2D eigenvalue weighted by Gasteiger charge is -2.08. The highest BCUT2D eigenvalue weighted by atomic mass is 16.5. The van der Waals surface area contributed by atoms with Gasteiger partial charge in [0.05, 0.1) is 0 Å². The number of hydrogen-bond acceptors (Lipinski definition) is 5. The Labute approximate surface area is 110 Å². The van der Waals surface area contributed by atoms with Gasteiger partial charge in [-0.25, -0.2) is 0 Å². The van der Waals surface area contributed by atoms with Crippen molar-refractivity contribution in [3.05, 3.63) is 33.2 Å². The summed E-state index contributed by atoms with van der Waals surface area (Å²) in [5.74, 6) is -0.998. The fourth-order valence-corrected chi connectivity index (χ4v) is 1.59. The van der Waals surface area contributed by atoms with Crippen molar-refractivity contribution in [1.29, 1.82) is 5.26 Å². The first-order valence-electron chi connectivity index (χ1n) is 5.82. The number of carbonyl (C=O) groups is 2. The summed E-state index contributed by atoms with van der Waals surface area (Å²) in [6.45, 7) is 2.70. The Morgan fingerprint density at radius 2 is 2.16 bits per heavy atom. The van der Waals surface area contributed by atoms with Crippen LogP contribution in [-0.2, 0) is 16.0 Å². The van der Waals surface area contributed by atoms with Crippen molar-refractivity contribution in [2.75, 3.05) is 6.61 Å². The van der Waals surface area contributed by atoms with Crippen LogP contribution in [0.4, 0.5) is 0 Å². The molecule has 0 unspecified atom stereocenters. The number of H-pyrrole nitrogens is 1. The molecule has 0 bridgehead atoms. The number of Topliss-reactive ketones (excluding diaryl/α,β-unsaturated/α-hetero) is 1. The molecule has 1 heterocycles. The minimum absolute atomic E-state index is 0.133. The molecule has 0 saturated carbocycles. The van der Waals surface area contributed by atoms with Gasteiger partial charge in [0, 0.05) is 18.2 Å². The molecule has 0 atom stereocenters. The molecule has 19 heavy (non-hydrogen) atoms. The number of nitriles is 1. The van der Waals surface area contributed by atoms with Crippen LogP contribution in [0.15, 0.2) is 10.9 Å². The van der Waals surface area contributed by atoms with Gasteiger partial charge < -0.3 is 9.72 Å². The summed E-state index contributed by atoms with van der Waals surface area (Å²) in [6.07, 6.45) is 1.23. The zero-order valence-electron chi connectivity index (χ0n) is 10.8. The van der Waals surface area contributed by atoms with E-state index in [-0.39, 0.29) is 11.1 Å². The monoisotopic (exact) mass is 262 g/mol. The smallest absolute Gasteiger partial charge is 0.303 e. The lowest BCUT2D eigenvalue weighted by Crippen LogP contribution is -2.20. The molecular weight excluding hydrogens is 248 g/mol. The number of carbonyl (C=O) groups excluding carboxylic acids is 2. The van der Waals surface area contributed by atoms with Gasteiger partial charge in [-0.2, -0.15) is 5.26 Å². The molecule has 0 aliphatic rings. The van der Waals surface area contributed by atoms with Crippen molar-refractivity contribution in [2.24, 2.45) is 0 Å². The lowest BCUT2D eigenvalue weighted by molar-refractivity contribution is -0.139. The standard InChI is InChI=1S/C13H14N2O4/c1-3-4-11-10(12(17)7-19-8(2)16)5-9(6-14)13(18)15-11/h5H,3-4,7H2,1-2H3,(H,15,18). The van der Waals surface area contributed by atoms with E-state index in [1.54, 1.807) is 6.07 Å². The molecule has 0 aliphatic carbocycles. The minimum Gasteiger partial charge on any atom is -0.457 e. The highest BCUT2D eigenvalue weighted by Crippen LogP contribution is 2.10. The van der Waals surface area contributed by atoms with Crippen molar-refractivity contribution in [2.45, 2.75) is 26.7 Å². The maximum atomic E-state index is 11.9. The van der Waals surface area contributed by atoms with E-state index in [2.05, 4.69) is 9.72 Å². The van der Waals surface area contributed by atoms with Crippen LogP contribution in [0.25, 0.3) is 0 Å². The molecule has 0 aliphatic heterocycles. The normalized spacial score (nSPS) is 9.74. The van der Waals surface area contributed by atoms with Gasteiger partial charge in [-0.05, 0) is 12.5 Å². The van der Waals surface area contributed by atoms with E-state index in [0.29, 0.717) is 12.1 Å². The van der Waals surface area contributed by atoms with Crippen LogP contribution >= 0.6 is 0 Å². The van der Waals surface area contributed by atoms with E-state index in [0.717, 1.165) is 6.42 Å². The van der Waals surface area contributed by atoms with Crippen LogP contribution in [0.2, 0.25) is 0 Å². The van der Waals surface area contributed by atoms with Gasteiger partial charge in [0.1, 0.15) is 11.6 Å². The van der Waals surface area contributed by atoms with Crippen LogP contribution in [0.3, 0.4) is 0 Å². The van der Waals surface area contributed by atoms with E-state index in [1.807, 2.05) is 6.92 Å². The topological polar surface area (TPSA) is 100 Å². The third-order valence-electron chi connectivity index (χ3n) is 2.45. The number of ketones is 1. The van der Waals surface area contributed by atoms with Crippen molar-refractivity contribution < 1.29 is 14.3 Å². The minimum atomic E-state index is -0.560. The van der Waals surface area contributed by atoms with Crippen LogP contribution in [0.5, 0.6) is 0 Å². The number of ether oxygens (including phenoxy) is 1. The van der Waals surface area contributed by atoms with Crippen LogP contribution in [0, 0.1) is 11.3 Å². The molecular formula is C13H14N2O4. The second-order valence-electron chi connectivity index (χ2n) is 3.97. The Morgan fingerprint density at radius 3 is 2.68 bits per heavy atom. The predicted octanol–water partition coefficient (Wildman–Crippen LogP) is 0.945. The first kappa shape index (κ1) is 14.6. The number of hydrogen-bond donors (Lipinski definition) is 1. The van der Waals surface area contributed by atoms with E-state index in [4.69, 9.17) is 5.26 Å². The van der Waals surface area contributed by atoms with E-state index < -0.39 is 23.9 Å². The Balaban J connectivity index is 3.16. The summed E-state index contributed by atoms with van der Waals surface area (Å²) in [5.41, 5.74) is 0.0314. The van der Waals surface area contributed by atoms with Gasteiger partial charge in [-0.3, -0.25) is 14.4 Å². The Bertz CT molecular complexity index is 596. The quantitative estimate of drug-likeness (QED) is 0.628. The maximum absolute atomic E-state index is 11.9. The molecule has 0 spiro atoms. The van der Waals surface area contributed by atoms with Gasteiger partial charge >= 0.3 is 5.97 Å². The predicted molar refractivity (Wildman–Crippen MR) is 66.7 cm³/mol. The molecule has 1 N–H and O–H groups in total. The number of esters is 1. The summed E-state index contributed by atoms with van der Waals surface area (Å²) in [6, 6.07) is 2.97. The molecule has 6 nitrogen and oxygen atoms in total. The van der Waals surface area contributed by atoms with E-state index >= 15 is 0 Å². The molecule has 0 radical (unpaired) electrons. The summed E-state index contributed by atoms with van der Waals surface area (Å²) in [4.78, 5) is 36.6. The number of aryl methyl sites for hydroxylation is 1. The van der Waals surface area contributed by atoms with Gasteiger partial charge in [-0.15, -0.1) is 0 Å². The third-order valence-corrected chi connectivity index (χ3v) is 2.45. The fraction of sp³-hybridized carbons (Fsp3) is 0.385. The average Bonchev–Trinajstić information content (AvgIpc) is 2.36. The molecule has 6 heteroatoms. The number of nitrogens with zero attached hydrogens (tertiary/aromatic N) is 1. The zero-order chi connectivity index (χ0) is 14.4. The number of aromatic nitrogens is 1. The Morgan fingerprint density at radius 1 is 1.47 bits per heavy atom. The molecule has 0 aromatic carbocycles. The van der Waals surface area contributed by atoms with Crippen molar-refractivity contribution in [3.8, 4) is 6.07 Å². The number of rotatable bonds is 5. The second kappa shape index (κ2) is 6.50. The first-order valence-corrected chi connectivity index (χ1v) is 5.82. The molecule has 0 saturated heterocycles. The summed E-state index contributed by atoms with van der Waals surface area (Å²) < 4.78 is 4.63. The second-order valence-corrected chi connectivity index (χ2v) is 3.97. The first-order chi connectivity index (χ1) is 8.99. The third kappa shape index (κ3) is 3.78. The van der Waals surface area contributed by atoms with Gasteiger partial charge in [0.25, 0.3) is 5.56 Å². The lowest BCUT2D eigenvalue weighted by atomic mass is 10.0. The average molecular weight is 262 g/mol. The number of nitrogens with one attached hydrogen (secondary N) is 1. The number of aromatic amines is 1. The maximum Gasteiger partial charge on any atom is 0.303 e. The molecule has 1 aromatic rings.